The number of rotatable bonds is 7. The molecule has 1 heterocycles. The van der Waals surface area contributed by atoms with E-state index < -0.39 is 0 Å². The molecule has 0 saturated carbocycles. The van der Waals surface area contributed by atoms with Crippen LogP contribution in [-0.2, 0) is 6.54 Å². The Hall–Kier alpha value is -3.41. The van der Waals surface area contributed by atoms with Gasteiger partial charge in [-0.1, -0.05) is 42.5 Å². The molecule has 3 rings (SSSR count). The highest BCUT2D eigenvalue weighted by atomic mass is 16.5. The van der Waals surface area contributed by atoms with Crippen molar-refractivity contribution in [2.24, 2.45) is 0 Å². The second-order valence-electron chi connectivity index (χ2n) is 6.10. The fourth-order valence-electron chi connectivity index (χ4n) is 2.61. The van der Waals surface area contributed by atoms with Crippen LogP contribution in [0.1, 0.15) is 34.6 Å². The maximum Gasteiger partial charge on any atom is 0.270 e. The van der Waals surface area contributed by atoms with Crippen LogP contribution in [0.5, 0.6) is 5.75 Å². The number of anilines is 1. The van der Waals surface area contributed by atoms with Crippen LogP contribution in [0.25, 0.3) is 0 Å². The molecule has 1 atom stereocenters. The van der Waals surface area contributed by atoms with Gasteiger partial charge in [-0.05, 0) is 30.2 Å². The van der Waals surface area contributed by atoms with Gasteiger partial charge in [-0.2, -0.15) is 0 Å². The van der Waals surface area contributed by atoms with Gasteiger partial charge in [0, 0.05) is 12.6 Å². The average molecular weight is 362 g/mol. The highest BCUT2D eigenvalue weighted by molar-refractivity contribution is 5.93. The predicted octanol–water partition coefficient (Wildman–Crippen LogP) is 3.59. The first-order valence-corrected chi connectivity index (χ1v) is 8.70. The molecule has 1 unspecified atom stereocenters. The van der Waals surface area contributed by atoms with Gasteiger partial charge in [0.15, 0.2) is 0 Å². The maximum atomic E-state index is 12.5. The molecule has 0 aliphatic carbocycles. The Bertz CT molecular complexity index is 882. The normalized spacial score (nSPS) is 11.5. The second kappa shape index (κ2) is 8.80. The highest BCUT2D eigenvalue weighted by Crippen LogP contribution is 2.14. The van der Waals surface area contributed by atoms with Crippen LogP contribution in [-0.4, -0.2) is 23.0 Å². The number of ether oxygens (including phenoxy) is 1. The molecule has 0 aliphatic heterocycles. The van der Waals surface area contributed by atoms with Crippen molar-refractivity contribution in [3.8, 4) is 5.75 Å². The largest absolute Gasteiger partial charge is 0.497 e. The summed E-state index contributed by atoms with van der Waals surface area (Å²) < 4.78 is 5.15. The molecule has 6 nitrogen and oxygen atoms in total. The molecule has 2 N–H and O–H groups in total. The third-order valence-electron chi connectivity index (χ3n) is 4.18. The van der Waals surface area contributed by atoms with Gasteiger partial charge in [0.1, 0.15) is 23.6 Å². The average Bonchev–Trinajstić information content (AvgIpc) is 2.73. The molecule has 1 aromatic heterocycles. The van der Waals surface area contributed by atoms with Crippen molar-refractivity contribution in [1.82, 2.24) is 15.3 Å². The second-order valence-corrected chi connectivity index (χ2v) is 6.10. The molecule has 138 valence electrons. The Morgan fingerprint density at radius 3 is 2.52 bits per heavy atom. The van der Waals surface area contributed by atoms with Gasteiger partial charge in [0.2, 0.25) is 0 Å². The molecule has 0 bridgehead atoms. The zero-order chi connectivity index (χ0) is 19.1. The third kappa shape index (κ3) is 5.04. The van der Waals surface area contributed by atoms with E-state index >= 15 is 0 Å². The number of aromatic nitrogens is 2. The van der Waals surface area contributed by atoms with Crippen molar-refractivity contribution in [1.29, 1.82) is 0 Å². The zero-order valence-electron chi connectivity index (χ0n) is 15.3. The number of hydrogen-bond acceptors (Lipinski definition) is 5. The summed E-state index contributed by atoms with van der Waals surface area (Å²) in [6.07, 6.45) is 1.39. The van der Waals surface area contributed by atoms with Crippen LogP contribution >= 0.6 is 0 Å². The van der Waals surface area contributed by atoms with Crippen LogP contribution in [0.3, 0.4) is 0 Å². The van der Waals surface area contributed by atoms with Gasteiger partial charge in [0.05, 0.1) is 13.2 Å². The summed E-state index contributed by atoms with van der Waals surface area (Å²) in [5.41, 5.74) is 2.45. The third-order valence-corrected chi connectivity index (χ3v) is 4.18. The Morgan fingerprint density at radius 1 is 1.07 bits per heavy atom. The molecule has 0 spiro atoms. The molecule has 27 heavy (non-hydrogen) atoms. The first kappa shape index (κ1) is 18.4. The molecule has 0 saturated heterocycles. The van der Waals surface area contributed by atoms with Crippen molar-refractivity contribution >= 4 is 11.7 Å². The van der Waals surface area contributed by atoms with Gasteiger partial charge in [0.25, 0.3) is 5.91 Å². The molecule has 0 fully saturated rings. The Balaban J connectivity index is 1.61. The first-order valence-electron chi connectivity index (χ1n) is 8.70. The first-order chi connectivity index (χ1) is 13.2. The summed E-state index contributed by atoms with van der Waals surface area (Å²) in [6, 6.07) is 19.1. The number of carbonyl (C=O) groups is 1. The van der Waals surface area contributed by atoms with Crippen LogP contribution < -0.4 is 15.4 Å². The van der Waals surface area contributed by atoms with Gasteiger partial charge in [-0.15, -0.1) is 0 Å². The van der Waals surface area contributed by atoms with Crippen LogP contribution in [0.2, 0.25) is 0 Å². The number of benzene rings is 2. The summed E-state index contributed by atoms with van der Waals surface area (Å²) in [5, 5.41) is 6.16. The van der Waals surface area contributed by atoms with E-state index in [1.807, 2.05) is 61.5 Å². The number of amides is 1. The van der Waals surface area contributed by atoms with Gasteiger partial charge < -0.3 is 15.4 Å². The minimum absolute atomic E-state index is 0.107. The Labute approximate surface area is 158 Å². The fraction of sp³-hybridized carbons (Fsp3) is 0.190. The van der Waals surface area contributed by atoms with E-state index in [0.29, 0.717) is 18.1 Å². The molecule has 0 aliphatic rings. The Kier molecular flexibility index (Phi) is 5.99. The van der Waals surface area contributed by atoms with E-state index in [1.54, 1.807) is 13.2 Å². The molecule has 1 amide bonds. The molecule has 2 aromatic carbocycles. The standard InChI is InChI=1S/C21H22N4O2/c1-15(17-6-4-3-5-7-17)25-21(26)19-12-20(24-14-23-19)22-13-16-8-10-18(27-2)11-9-16/h3-12,14-15H,13H2,1-2H3,(H,25,26)(H,22,23,24). The van der Waals surface area contributed by atoms with Gasteiger partial charge in [-0.25, -0.2) is 9.97 Å². The van der Waals surface area contributed by atoms with Crippen molar-refractivity contribution in [3.63, 3.8) is 0 Å². The Morgan fingerprint density at radius 2 is 1.81 bits per heavy atom. The fourth-order valence-corrected chi connectivity index (χ4v) is 2.61. The van der Waals surface area contributed by atoms with Crippen LogP contribution in [0, 0.1) is 0 Å². The molecular weight excluding hydrogens is 340 g/mol. The van der Waals surface area contributed by atoms with E-state index in [-0.39, 0.29) is 11.9 Å². The maximum absolute atomic E-state index is 12.5. The molecule has 6 heteroatoms. The van der Waals surface area contributed by atoms with E-state index in [1.165, 1.54) is 6.33 Å². The van der Waals surface area contributed by atoms with Crippen molar-refractivity contribution in [3.05, 3.63) is 83.8 Å². The predicted molar refractivity (Wildman–Crippen MR) is 105 cm³/mol. The topological polar surface area (TPSA) is 76.1 Å². The summed E-state index contributed by atoms with van der Waals surface area (Å²) in [4.78, 5) is 20.7. The lowest BCUT2D eigenvalue weighted by Gasteiger charge is -2.14. The summed E-state index contributed by atoms with van der Waals surface area (Å²) in [7, 11) is 1.64. The molecule has 3 aromatic rings. The lowest BCUT2D eigenvalue weighted by Crippen LogP contribution is -2.27. The highest BCUT2D eigenvalue weighted by Gasteiger charge is 2.13. The summed E-state index contributed by atoms with van der Waals surface area (Å²) >= 11 is 0. The number of carbonyl (C=O) groups excluding carboxylic acids is 1. The minimum atomic E-state index is -0.235. The van der Waals surface area contributed by atoms with Crippen molar-refractivity contribution in [2.75, 3.05) is 12.4 Å². The van der Waals surface area contributed by atoms with Gasteiger partial charge in [-0.3, -0.25) is 4.79 Å². The lowest BCUT2D eigenvalue weighted by molar-refractivity contribution is 0.0934. The number of methoxy groups -OCH3 is 1. The van der Waals surface area contributed by atoms with E-state index in [2.05, 4.69) is 20.6 Å². The number of nitrogens with one attached hydrogen (secondary N) is 2. The lowest BCUT2D eigenvalue weighted by atomic mass is 10.1. The van der Waals surface area contributed by atoms with Crippen LogP contribution in [0.4, 0.5) is 5.82 Å². The monoisotopic (exact) mass is 362 g/mol. The minimum Gasteiger partial charge on any atom is -0.497 e. The van der Waals surface area contributed by atoms with Crippen molar-refractivity contribution in [2.45, 2.75) is 19.5 Å². The number of hydrogen-bond donors (Lipinski definition) is 2. The quantitative estimate of drug-likeness (QED) is 0.672. The van der Waals surface area contributed by atoms with E-state index in [4.69, 9.17) is 4.74 Å². The smallest absolute Gasteiger partial charge is 0.270 e. The van der Waals surface area contributed by atoms with Crippen molar-refractivity contribution < 1.29 is 9.53 Å². The number of nitrogens with zero attached hydrogens (tertiary/aromatic N) is 2. The molecule has 0 radical (unpaired) electrons. The summed E-state index contributed by atoms with van der Waals surface area (Å²) in [5.74, 6) is 1.17. The van der Waals surface area contributed by atoms with Crippen LogP contribution in [0.15, 0.2) is 67.0 Å². The van der Waals surface area contributed by atoms with Gasteiger partial charge >= 0.3 is 0 Å². The SMILES string of the molecule is COc1ccc(CNc2cc(C(=O)NC(C)c3ccccc3)ncn2)cc1. The molecular formula is C21H22N4O2. The van der Waals surface area contributed by atoms with E-state index in [0.717, 1.165) is 16.9 Å². The summed E-state index contributed by atoms with van der Waals surface area (Å²) in [6.45, 7) is 2.53. The van der Waals surface area contributed by atoms with E-state index in [9.17, 15) is 4.79 Å². The zero-order valence-corrected chi connectivity index (χ0v) is 15.3.